The Balaban J connectivity index is 1.60. The number of aliphatic hydroxyl groups excluding tert-OH is 2. The fraction of sp³-hybridized carbons (Fsp3) is 0.520. The zero-order valence-corrected chi connectivity index (χ0v) is 16.9. The van der Waals surface area contributed by atoms with Gasteiger partial charge in [-0.1, -0.05) is 49.7 Å². The van der Waals surface area contributed by atoms with Crippen LogP contribution in [0.25, 0.3) is 0 Å². The molecule has 0 radical (unpaired) electrons. The van der Waals surface area contributed by atoms with Crippen LogP contribution in [-0.4, -0.2) is 29.0 Å². The van der Waals surface area contributed by atoms with E-state index in [0.717, 1.165) is 31.2 Å². The molecule has 0 aromatic heterocycles. The largest absolute Gasteiger partial charge is 0.394 e. The van der Waals surface area contributed by atoms with Gasteiger partial charge in [0, 0.05) is 12.8 Å². The van der Waals surface area contributed by atoms with Crippen LogP contribution in [0.2, 0.25) is 0 Å². The van der Waals surface area contributed by atoms with Gasteiger partial charge in [0.2, 0.25) is 0 Å². The monoisotopic (exact) mass is 380 g/mol. The van der Waals surface area contributed by atoms with Crippen molar-refractivity contribution in [2.75, 3.05) is 6.61 Å². The minimum atomic E-state index is -0.404. The lowest BCUT2D eigenvalue weighted by Crippen LogP contribution is -2.33. The van der Waals surface area contributed by atoms with Gasteiger partial charge in [-0.3, -0.25) is 0 Å². The molecule has 1 fully saturated rings. The number of benzene rings is 2. The van der Waals surface area contributed by atoms with Crippen molar-refractivity contribution in [3.05, 3.63) is 69.8 Å². The van der Waals surface area contributed by atoms with E-state index in [0.29, 0.717) is 12.8 Å². The predicted molar refractivity (Wildman–Crippen MR) is 112 cm³/mol. The molecule has 150 valence electrons. The molecule has 2 N–H and O–H groups in total. The standard InChI is InChI=1S/C25H32O3/c1-2-4-17-7-9-18(10-8-17)11-20-13-21(12-19-5-3-6-24(19)20)25-15-22(27)14-23(16-26)28-25/h7-10,12-13,22-23,25-27H,2-6,11,14-16H2,1H3/t22-,23-,25+/m0/s1. The third-order valence-electron chi connectivity index (χ3n) is 6.24. The molecule has 2 aromatic carbocycles. The summed E-state index contributed by atoms with van der Waals surface area (Å²) in [4.78, 5) is 0. The summed E-state index contributed by atoms with van der Waals surface area (Å²) in [6.45, 7) is 2.18. The Kier molecular flexibility index (Phi) is 6.15. The van der Waals surface area contributed by atoms with E-state index in [9.17, 15) is 10.2 Å². The highest BCUT2D eigenvalue weighted by Crippen LogP contribution is 2.36. The summed E-state index contributed by atoms with van der Waals surface area (Å²) in [5.41, 5.74) is 8.28. The highest BCUT2D eigenvalue weighted by Gasteiger charge is 2.30. The van der Waals surface area contributed by atoms with Gasteiger partial charge in [-0.2, -0.15) is 0 Å². The van der Waals surface area contributed by atoms with E-state index >= 15 is 0 Å². The van der Waals surface area contributed by atoms with Crippen molar-refractivity contribution < 1.29 is 14.9 Å². The van der Waals surface area contributed by atoms with Gasteiger partial charge in [0.15, 0.2) is 0 Å². The number of aryl methyl sites for hydroxylation is 2. The molecule has 28 heavy (non-hydrogen) atoms. The smallest absolute Gasteiger partial charge is 0.0854 e. The van der Waals surface area contributed by atoms with Gasteiger partial charge in [-0.15, -0.1) is 0 Å². The maximum atomic E-state index is 10.2. The number of fused-ring (bicyclic) bond motifs is 1. The van der Waals surface area contributed by atoms with Crippen molar-refractivity contribution in [2.24, 2.45) is 0 Å². The van der Waals surface area contributed by atoms with Crippen LogP contribution >= 0.6 is 0 Å². The first-order valence-corrected chi connectivity index (χ1v) is 10.8. The van der Waals surface area contributed by atoms with Crippen molar-refractivity contribution in [2.45, 2.75) is 76.6 Å². The summed E-state index contributed by atoms with van der Waals surface area (Å²) >= 11 is 0. The molecule has 3 atom stereocenters. The average molecular weight is 381 g/mol. The van der Waals surface area contributed by atoms with Crippen LogP contribution in [0, 0.1) is 0 Å². The normalized spacial score (nSPS) is 24.3. The number of ether oxygens (including phenoxy) is 1. The molecule has 0 bridgehead atoms. The van der Waals surface area contributed by atoms with Crippen molar-refractivity contribution in [1.82, 2.24) is 0 Å². The molecule has 2 aliphatic rings. The Bertz CT molecular complexity index is 796. The topological polar surface area (TPSA) is 49.7 Å². The minimum Gasteiger partial charge on any atom is -0.394 e. The molecule has 1 aliphatic carbocycles. The molecule has 4 rings (SSSR count). The summed E-state index contributed by atoms with van der Waals surface area (Å²) in [6, 6.07) is 13.6. The molecule has 0 spiro atoms. The maximum Gasteiger partial charge on any atom is 0.0854 e. The third kappa shape index (κ3) is 4.32. The summed E-state index contributed by atoms with van der Waals surface area (Å²) in [5, 5.41) is 19.7. The van der Waals surface area contributed by atoms with Crippen LogP contribution in [0.3, 0.4) is 0 Å². The lowest BCUT2D eigenvalue weighted by atomic mass is 9.89. The third-order valence-corrected chi connectivity index (χ3v) is 6.24. The summed E-state index contributed by atoms with van der Waals surface area (Å²) in [5.74, 6) is 0. The Morgan fingerprint density at radius 1 is 1.04 bits per heavy atom. The lowest BCUT2D eigenvalue weighted by molar-refractivity contribution is -0.113. The lowest BCUT2D eigenvalue weighted by Gasteiger charge is -2.33. The highest BCUT2D eigenvalue weighted by molar-refractivity contribution is 5.45. The first-order chi connectivity index (χ1) is 13.7. The molecule has 0 amide bonds. The number of aliphatic hydroxyl groups is 2. The second-order valence-corrected chi connectivity index (χ2v) is 8.47. The van der Waals surface area contributed by atoms with Crippen LogP contribution in [0.15, 0.2) is 36.4 Å². The number of hydrogen-bond donors (Lipinski definition) is 2. The minimum absolute atomic E-state index is 0.0323. The van der Waals surface area contributed by atoms with E-state index in [1.807, 2.05) is 0 Å². The number of hydrogen-bond acceptors (Lipinski definition) is 3. The van der Waals surface area contributed by atoms with Crippen LogP contribution in [0.1, 0.15) is 72.1 Å². The molecular weight excluding hydrogens is 348 g/mol. The zero-order valence-electron chi connectivity index (χ0n) is 16.9. The molecule has 1 saturated heterocycles. The van der Waals surface area contributed by atoms with Gasteiger partial charge in [0.05, 0.1) is 24.9 Å². The van der Waals surface area contributed by atoms with Crippen LogP contribution < -0.4 is 0 Å². The Labute approximate surface area is 168 Å². The fourth-order valence-electron chi connectivity index (χ4n) is 4.82. The SMILES string of the molecule is CCCc1ccc(Cc2cc([C@H]3C[C@@H](O)C[C@@H](CO)O3)cc3c2CCC3)cc1. The quantitative estimate of drug-likeness (QED) is 0.786. The van der Waals surface area contributed by atoms with Gasteiger partial charge in [-0.05, 0) is 65.5 Å². The van der Waals surface area contributed by atoms with Gasteiger partial charge in [0.25, 0.3) is 0 Å². The van der Waals surface area contributed by atoms with E-state index in [4.69, 9.17) is 4.74 Å². The van der Waals surface area contributed by atoms with Crippen LogP contribution in [-0.2, 0) is 30.4 Å². The first-order valence-electron chi connectivity index (χ1n) is 10.8. The Morgan fingerprint density at radius 3 is 2.57 bits per heavy atom. The average Bonchev–Trinajstić information content (AvgIpc) is 3.18. The van der Waals surface area contributed by atoms with E-state index in [1.54, 1.807) is 0 Å². The van der Waals surface area contributed by atoms with Gasteiger partial charge < -0.3 is 14.9 Å². The molecule has 1 heterocycles. The van der Waals surface area contributed by atoms with Gasteiger partial charge >= 0.3 is 0 Å². The second-order valence-electron chi connectivity index (χ2n) is 8.47. The van der Waals surface area contributed by atoms with E-state index in [2.05, 4.69) is 43.3 Å². The van der Waals surface area contributed by atoms with Crippen LogP contribution in [0.5, 0.6) is 0 Å². The first kappa shape index (κ1) is 19.6. The van der Waals surface area contributed by atoms with Crippen molar-refractivity contribution >= 4 is 0 Å². The summed E-state index contributed by atoms with van der Waals surface area (Å²) in [6.07, 6.45) is 7.10. The highest BCUT2D eigenvalue weighted by atomic mass is 16.5. The molecule has 0 unspecified atom stereocenters. The number of rotatable bonds is 6. The van der Waals surface area contributed by atoms with Crippen molar-refractivity contribution in [1.29, 1.82) is 0 Å². The van der Waals surface area contributed by atoms with E-state index < -0.39 is 6.10 Å². The maximum absolute atomic E-state index is 10.2. The zero-order chi connectivity index (χ0) is 19.5. The second kappa shape index (κ2) is 8.77. The van der Waals surface area contributed by atoms with Gasteiger partial charge in [-0.25, -0.2) is 0 Å². The molecule has 3 heteroatoms. The van der Waals surface area contributed by atoms with Crippen molar-refractivity contribution in [3.63, 3.8) is 0 Å². The molecule has 3 nitrogen and oxygen atoms in total. The summed E-state index contributed by atoms with van der Waals surface area (Å²) in [7, 11) is 0. The molecular formula is C25H32O3. The van der Waals surface area contributed by atoms with E-state index in [1.165, 1.54) is 40.7 Å². The van der Waals surface area contributed by atoms with E-state index in [-0.39, 0.29) is 18.8 Å². The van der Waals surface area contributed by atoms with Crippen LogP contribution in [0.4, 0.5) is 0 Å². The van der Waals surface area contributed by atoms with Crippen molar-refractivity contribution in [3.8, 4) is 0 Å². The Hall–Kier alpha value is -1.68. The Morgan fingerprint density at radius 2 is 1.82 bits per heavy atom. The summed E-state index contributed by atoms with van der Waals surface area (Å²) < 4.78 is 6.09. The van der Waals surface area contributed by atoms with Gasteiger partial charge in [0.1, 0.15) is 0 Å². The predicted octanol–water partition coefficient (Wildman–Crippen LogP) is 4.29. The molecule has 1 aliphatic heterocycles. The fourth-order valence-corrected chi connectivity index (χ4v) is 4.82. The molecule has 2 aromatic rings. The molecule has 0 saturated carbocycles.